The van der Waals surface area contributed by atoms with E-state index in [1.807, 2.05) is 11.3 Å². The number of hydrogen-bond acceptors (Lipinski definition) is 1. The largest absolute Gasteiger partial charge is 0.309 e. The number of rotatable bonds is 2. The third kappa shape index (κ3) is 2.19. The van der Waals surface area contributed by atoms with Gasteiger partial charge in [0.2, 0.25) is 0 Å². The van der Waals surface area contributed by atoms with Gasteiger partial charge in [-0.05, 0) is 40.6 Å². The first-order valence-corrected chi connectivity index (χ1v) is 10.3. The average Bonchev–Trinajstić information content (AvgIpc) is 3.36. The molecule has 4 aromatic carbocycles. The van der Waals surface area contributed by atoms with Crippen LogP contribution in [0.1, 0.15) is 0 Å². The smallest absolute Gasteiger partial charge is 0.0556 e. The summed E-state index contributed by atoms with van der Waals surface area (Å²) < 4.78 is 3.79. The maximum Gasteiger partial charge on any atom is 0.0556 e. The van der Waals surface area contributed by atoms with Gasteiger partial charge in [0.05, 0.1) is 16.7 Å². The molecule has 0 N–H and O–H groups in total. The third-order valence-electron chi connectivity index (χ3n) is 5.48. The van der Waals surface area contributed by atoms with Gasteiger partial charge < -0.3 is 4.57 Å². The molecule has 2 heteroatoms. The molecule has 2 aromatic heterocycles. The SMILES string of the molecule is c1ccc(-c2ccccc2-n2c3ccccc3c3c4sccc4ccc32)cc1. The molecule has 0 saturated heterocycles. The van der Waals surface area contributed by atoms with Gasteiger partial charge >= 0.3 is 0 Å². The van der Waals surface area contributed by atoms with Gasteiger partial charge in [-0.3, -0.25) is 0 Å². The van der Waals surface area contributed by atoms with Crippen molar-refractivity contribution in [2.24, 2.45) is 0 Å². The van der Waals surface area contributed by atoms with E-state index in [4.69, 9.17) is 0 Å². The summed E-state index contributed by atoms with van der Waals surface area (Å²) in [7, 11) is 0. The first-order chi connectivity index (χ1) is 13.9. The Balaban J connectivity index is 1.80. The number of benzene rings is 4. The highest BCUT2D eigenvalue weighted by molar-refractivity contribution is 7.18. The minimum Gasteiger partial charge on any atom is -0.309 e. The number of para-hydroxylation sites is 2. The number of fused-ring (bicyclic) bond motifs is 5. The second-order valence-corrected chi connectivity index (χ2v) is 7.95. The lowest BCUT2D eigenvalue weighted by molar-refractivity contribution is 1.18. The van der Waals surface area contributed by atoms with Crippen LogP contribution in [0.15, 0.2) is 102 Å². The van der Waals surface area contributed by atoms with Crippen molar-refractivity contribution in [2.75, 3.05) is 0 Å². The molecular weight excluding hydrogens is 358 g/mol. The maximum absolute atomic E-state index is 2.42. The van der Waals surface area contributed by atoms with Gasteiger partial charge in [0.15, 0.2) is 0 Å². The quantitative estimate of drug-likeness (QED) is 0.293. The summed E-state index contributed by atoms with van der Waals surface area (Å²) >= 11 is 1.83. The average molecular weight is 375 g/mol. The van der Waals surface area contributed by atoms with Crippen LogP contribution in [0.25, 0.3) is 48.7 Å². The molecule has 0 radical (unpaired) electrons. The molecule has 2 heterocycles. The van der Waals surface area contributed by atoms with Crippen molar-refractivity contribution in [3.63, 3.8) is 0 Å². The Morgan fingerprint density at radius 1 is 0.607 bits per heavy atom. The zero-order valence-corrected chi connectivity index (χ0v) is 16.0. The van der Waals surface area contributed by atoms with E-state index < -0.39 is 0 Å². The Hall–Kier alpha value is -3.36. The van der Waals surface area contributed by atoms with Gasteiger partial charge in [-0.1, -0.05) is 72.8 Å². The molecule has 0 spiro atoms. The van der Waals surface area contributed by atoms with Crippen LogP contribution in [-0.2, 0) is 0 Å². The zero-order chi connectivity index (χ0) is 18.5. The molecule has 0 aliphatic rings. The van der Waals surface area contributed by atoms with E-state index in [0.29, 0.717) is 0 Å². The normalized spacial score (nSPS) is 11.6. The first kappa shape index (κ1) is 15.7. The van der Waals surface area contributed by atoms with Gasteiger partial charge in [-0.2, -0.15) is 0 Å². The van der Waals surface area contributed by atoms with Crippen LogP contribution in [0.5, 0.6) is 0 Å². The van der Waals surface area contributed by atoms with Crippen LogP contribution in [0, 0.1) is 0 Å². The standard InChI is InChI=1S/C26H17NS/c1-2-8-18(9-3-1)20-10-4-6-12-22(20)27-23-13-7-5-11-21(23)25-24(27)15-14-19-16-17-28-26(19)25/h1-17H. The van der Waals surface area contributed by atoms with Crippen molar-refractivity contribution in [3.8, 4) is 16.8 Å². The van der Waals surface area contributed by atoms with Crippen molar-refractivity contribution in [3.05, 3.63) is 102 Å². The van der Waals surface area contributed by atoms with E-state index in [-0.39, 0.29) is 0 Å². The van der Waals surface area contributed by atoms with Crippen molar-refractivity contribution in [2.45, 2.75) is 0 Å². The summed E-state index contributed by atoms with van der Waals surface area (Å²) in [6.07, 6.45) is 0. The van der Waals surface area contributed by atoms with Crippen LogP contribution < -0.4 is 0 Å². The van der Waals surface area contributed by atoms with E-state index in [1.54, 1.807) is 0 Å². The molecule has 0 amide bonds. The molecule has 0 fully saturated rings. The maximum atomic E-state index is 2.42. The fraction of sp³-hybridized carbons (Fsp3) is 0. The fourth-order valence-corrected chi connectivity index (χ4v) is 5.22. The Kier molecular flexibility index (Phi) is 3.40. The van der Waals surface area contributed by atoms with Crippen molar-refractivity contribution >= 4 is 43.2 Å². The first-order valence-electron chi connectivity index (χ1n) is 9.46. The summed E-state index contributed by atoms with van der Waals surface area (Å²) in [5.74, 6) is 0. The Labute approximate surface area is 167 Å². The molecule has 0 unspecified atom stereocenters. The zero-order valence-electron chi connectivity index (χ0n) is 15.2. The topological polar surface area (TPSA) is 4.93 Å². The van der Waals surface area contributed by atoms with Gasteiger partial charge in [0, 0.05) is 21.0 Å². The van der Waals surface area contributed by atoms with Crippen LogP contribution >= 0.6 is 11.3 Å². The molecule has 6 rings (SSSR count). The van der Waals surface area contributed by atoms with Crippen LogP contribution in [0.3, 0.4) is 0 Å². The molecular formula is C26H17NS. The predicted octanol–water partition coefficient (Wildman–Crippen LogP) is 7.67. The highest BCUT2D eigenvalue weighted by Gasteiger charge is 2.17. The minimum atomic E-state index is 1.22. The number of hydrogen-bond donors (Lipinski definition) is 0. The lowest BCUT2D eigenvalue weighted by Crippen LogP contribution is -1.96. The molecule has 6 aromatic rings. The molecule has 1 nitrogen and oxygen atoms in total. The second-order valence-electron chi connectivity index (χ2n) is 7.03. The monoisotopic (exact) mass is 375 g/mol. The summed E-state index contributed by atoms with van der Waals surface area (Å²) in [6.45, 7) is 0. The van der Waals surface area contributed by atoms with E-state index in [0.717, 1.165) is 0 Å². The number of nitrogens with zero attached hydrogens (tertiary/aromatic N) is 1. The van der Waals surface area contributed by atoms with E-state index in [1.165, 1.54) is 48.7 Å². The highest BCUT2D eigenvalue weighted by Crippen LogP contribution is 2.40. The summed E-state index contributed by atoms with van der Waals surface area (Å²) in [4.78, 5) is 0. The summed E-state index contributed by atoms with van der Waals surface area (Å²) in [5, 5.41) is 6.17. The highest BCUT2D eigenvalue weighted by atomic mass is 32.1. The molecule has 0 saturated carbocycles. The van der Waals surface area contributed by atoms with Crippen LogP contribution in [0.2, 0.25) is 0 Å². The van der Waals surface area contributed by atoms with Gasteiger partial charge in [-0.25, -0.2) is 0 Å². The second kappa shape index (κ2) is 6.08. The minimum absolute atomic E-state index is 1.22. The van der Waals surface area contributed by atoms with E-state index >= 15 is 0 Å². The van der Waals surface area contributed by atoms with Gasteiger partial charge in [0.25, 0.3) is 0 Å². The fourth-order valence-electron chi connectivity index (χ4n) is 4.27. The molecule has 0 atom stereocenters. The Morgan fingerprint density at radius 3 is 2.32 bits per heavy atom. The third-order valence-corrected chi connectivity index (χ3v) is 6.43. The lowest BCUT2D eigenvalue weighted by Gasteiger charge is -2.14. The van der Waals surface area contributed by atoms with Crippen LogP contribution in [-0.4, -0.2) is 4.57 Å². The molecule has 28 heavy (non-hydrogen) atoms. The van der Waals surface area contributed by atoms with Crippen molar-refractivity contribution in [1.82, 2.24) is 4.57 Å². The number of aromatic nitrogens is 1. The predicted molar refractivity (Wildman–Crippen MR) is 122 cm³/mol. The van der Waals surface area contributed by atoms with Crippen molar-refractivity contribution in [1.29, 1.82) is 0 Å². The van der Waals surface area contributed by atoms with Gasteiger partial charge in [0.1, 0.15) is 0 Å². The van der Waals surface area contributed by atoms with E-state index in [2.05, 4.69) is 107 Å². The molecule has 0 aliphatic carbocycles. The molecule has 132 valence electrons. The Bertz CT molecular complexity index is 1450. The summed E-state index contributed by atoms with van der Waals surface area (Å²) in [5.41, 5.74) is 6.22. The Morgan fingerprint density at radius 2 is 1.39 bits per heavy atom. The van der Waals surface area contributed by atoms with Gasteiger partial charge in [-0.15, -0.1) is 11.3 Å². The lowest BCUT2D eigenvalue weighted by atomic mass is 10.0. The van der Waals surface area contributed by atoms with E-state index in [9.17, 15) is 0 Å². The molecule has 0 aliphatic heterocycles. The summed E-state index contributed by atoms with van der Waals surface area (Å²) in [6, 6.07) is 34.8. The number of thiophene rings is 1. The molecule has 0 bridgehead atoms. The van der Waals surface area contributed by atoms with Crippen LogP contribution in [0.4, 0.5) is 0 Å². The van der Waals surface area contributed by atoms with Crippen molar-refractivity contribution < 1.29 is 0 Å².